The maximum atomic E-state index is 12.6. The third kappa shape index (κ3) is 4.15. The molecular formula is C27H25N3O3. The molecule has 1 aliphatic carbocycles. The van der Waals surface area contributed by atoms with Gasteiger partial charge < -0.3 is 14.7 Å². The quantitative estimate of drug-likeness (QED) is 0.605. The second-order valence-electron chi connectivity index (χ2n) is 8.51. The van der Waals surface area contributed by atoms with Crippen molar-refractivity contribution in [2.24, 2.45) is 0 Å². The third-order valence-electron chi connectivity index (χ3n) is 6.51. The molecule has 166 valence electrons. The Kier molecular flexibility index (Phi) is 5.72. The van der Waals surface area contributed by atoms with Gasteiger partial charge in [0.25, 0.3) is 0 Å². The van der Waals surface area contributed by atoms with E-state index in [1.807, 2.05) is 30.3 Å². The van der Waals surface area contributed by atoms with Crippen LogP contribution < -0.4 is 10.2 Å². The highest BCUT2D eigenvalue weighted by atomic mass is 16.5. The fourth-order valence-electron chi connectivity index (χ4n) is 4.84. The SMILES string of the molecule is N#Cc1cc(NC(=O)OCC2c3ccccc3-c3ccccc32)ccc1N1CCC(O)CC1. The molecule has 0 saturated carbocycles. The number of aliphatic hydroxyl groups excluding tert-OH is 1. The number of hydrogen-bond donors (Lipinski definition) is 2. The van der Waals surface area contributed by atoms with Crippen LogP contribution in [-0.4, -0.2) is 37.0 Å². The second-order valence-corrected chi connectivity index (χ2v) is 8.51. The lowest BCUT2D eigenvalue weighted by atomic mass is 9.98. The minimum atomic E-state index is -0.547. The fourth-order valence-corrected chi connectivity index (χ4v) is 4.84. The van der Waals surface area contributed by atoms with Crippen LogP contribution in [-0.2, 0) is 4.74 Å². The van der Waals surface area contributed by atoms with E-state index in [-0.39, 0.29) is 18.6 Å². The molecule has 33 heavy (non-hydrogen) atoms. The number of fused-ring (bicyclic) bond motifs is 3. The van der Waals surface area contributed by atoms with Gasteiger partial charge in [-0.15, -0.1) is 0 Å². The van der Waals surface area contributed by atoms with Gasteiger partial charge in [-0.25, -0.2) is 4.79 Å². The molecule has 5 rings (SSSR count). The molecule has 2 aliphatic rings. The number of ether oxygens (including phenoxy) is 1. The Labute approximate surface area is 193 Å². The second kappa shape index (κ2) is 8.97. The number of nitriles is 1. The van der Waals surface area contributed by atoms with E-state index in [2.05, 4.69) is 40.6 Å². The van der Waals surface area contributed by atoms with E-state index in [1.54, 1.807) is 12.1 Å². The molecule has 1 aliphatic heterocycles. The number of rotatable bonds is 4. The van der Waals surface area contributed by atoms with Gasteiger partial charge in [-0.2, -0.15) is 5.26 Å². The molecule has 0 unspecified atom stereocenters. The van der Waals surface area contributed by atoms with E-state index in [0.29, 0.717) is 37.2 Å². The fraction of sp³-hybridized carbons (Fsp3) is 0.259. The number of carbonyl (C=O) groups is 1. The van der Waals surface area contributed by atoms with Crippen LogP contribution in [0, 0.1) is 11.3 Å². The van der Waals surface area contributed by atoms with Crippen molar-refractivity contribution in [3.05, 3.63) is 83.4 Å². The predicted molar refractivity (Wildman–Crippen MR) is 127 cm³/mol. The van der Waals surface area contributed by atoms with Gasteiger partial charge >= 0.3 is 6.09 Å². The van der Waals surface area contributed by atoms with Crippen molar-refractivity contribution in [1.29, 1.82) is 5.26 Å². The van der Waals surface area contributed by atoms with E-state index in [0.717, 1.165) is 16.8 Å². The summed E-state index contributed by atoms with van der Waals surface area (Å²) in [6.45, 7) is 1.64. The summed E-state index contributed by atoms with van der Waals surface area (Å²) in [7, 11) is 0. The average Bonchev–Trinajstić information content (AvgIpc) is 3.17. The van der Waals surface area contributed by atoms with E-state index in [1.165, 1.54) is 11.1 Å². The summed E-state index contributed by atoms with van der Waals surface area (Å²) in [5, 5.41) is 22.1. The normalized spacial score (nSPS) is 15.5. The van der Waals surface area contributed by atoms with Gasteiger partial charge in [0.2, 0.25) is 0 Å². The van der Waals surface area contributed by atoms with Gasteiger partial charge in [0.15, 0.2) is 0 Å². The molecule has 1 amide bonds. The van der Waals surface area contributed by atoms with Crippen molar-refractivity contribution in [2.45, 2.75) is 24.9 Å². The first-order valence-electron chi connectivity index (χ1n) is 11.2. The van der Waals surface area contributed by atoms with Crippen LogP contribution in [0.5, 0.6) is 0 Å². The van der Waals surface area contributed by atoms with Crippen LogP contribution in [0.1, 0.15) is 35.4 Å². The highest BCUT2D eigenvalue weighted by molar-refractivity contribution is 5.86. The largest absolute Gasteiger partial charge is 0.448 e. The van der Waals surface area contributed by atoms with Crippen LogP contribution in [0.4, 0.5) is 16.2 Å². The Morgan fingerprint density at radius 2 is 1.67 bits per heavy atom. The lowest BCUT2D eigenvalue weighted by Gasteiger charge is -2.32. The number of piperidine rings is 1. The monoisotopic (exact) mass is 439 g/mol. The van der Waals surface area contributed by atoms with Crippen molar-refractivity contribution in [3.8, 4) is 17.2 Å². The maximum Gasteiger partial charge on any atom is 0.411 e. The lowest BCUT2D eigenvalue weighted by molar-refractivity contribution is 0.145. The zero-order valence-electron chi connectivity index (χ0n) is 18.2. The number of nitrogens with zero attached hydrogens (tertiary/aromatic N) is 2. The standard InChI is InChI=1S/C27H25N3O3/c28-16-18-15-19(9-10-26(18)30-13-11-20(31)12-14-30)29-27(32)33-17-25-23-7-3-1-5-21(23)22-6-2-4-8-24(22)25/h1-10,15,20,25,31H,11-14,17H2,(H,29,32). The minimum absolute atomic E-state index is 0.00496. The minimum Gasteiger partial charge on any atom is -0.448 e. The Balaban J connectivity index is 1.26. The zero-order chi connectivity index (χ0) is 22.8. The van der Waals surface area contributed by atoms with Crippen LogP contribution in [0.3, 0.4) is 0 Å². The molecule has 1 fully saturated rings. The van der Waals surface area contributed by atoms with E-state index in [4.69, 9.17) is 4.74 Å². The van der Waals surface area contributed by atoms with Crippen LogP contribution in [0.25, 0.3) is 11.1 Å². The first-order valence-corrected chi connectivity index (χ1v) is 11.2. The Morgan fingerprint density at radius 3 is 2.30 bits per heavy atom. The highest BCUT2D eigenvalue weighted by Gasteiger charge is 2.29. The number of amides is 1. The van der Waals surface area contributed by atoms with Gasteiger partial charge in [0.05, 0.1) is 17.4 Å². The molecule has 0 spiro atoms. The molecule has 0 bridgehead atoms. The van der Waals surface area contributed by atoms with E-state index < -0.39 is 6.09 Å². The van der Waals surface area contributed by atoms with Gasteiger partial charge in [-0.3, -0.25) is 5.32 Å². The number of anilines is 2. The predicted octanol–water partition coefficient (Wildman–Crippen LogP) is 4.88. The Morgan fingerprint density at radius 1 is 1.03 bits per heavy atom. The van der Waals surface area contributed by atoms with Gasteiger partial charge in [-0.1, -0.05) is 48.5 Å². The molecule has 3 aromatic carbocycles. The molecular weight excluding hydrogens is 414 g/mol. The smallest absolute Gasteiger partial charge is 0.411 e. The first kappa shape index (κ1) is 21.0. The third-order valence-corrected chi connectivity index (χ3v) is 6.51. The van der Waals surface area contributed by atoms with Gasteiger partial charge in [-0.05, 0) is 53.3 Å². The van der Waals surface area contributed by atoms with Crippen molar-refractivity contribution >= 4 is 17.5 Å². The van der Waals surface area contributed by atoms with Crippen molar-refractivity contribution < 1.29 is 14.6 Å². The summed E-state index contributed by atoms with van der Waals surface area (Å²) >= 11 is 0. The van der Waals surface area contributed by atoms with E-state index >= 15 is 0 Å². The molecule has 2 N–H and O–H groups in total. The van der Waals surface area contributed by atoms with E-state index in [9.17, 15) is 15.2 Å². The molecule has 1 heterocycles. The van der Waals surface area contributed by atoms with Gasteiger partial charge in [0, 0.05) is 24.7 Å². The van der Waals surface area contributed by atoms with Crippen molar-refractivity contribution in [3.63, 3.8) is 0 Å². The number of hydrogen-bond acceptors (Lipinski definition) is 5. The van der Waals surface area contributed by atoms with Crippen LogP contribution >= 0.6 is 0 Å². The summed E-state index contributed by atoms with van der Waals surface area (Å²) in [6, 6.07) is 23.9. The number of nitrogens with one attached hydrogen (secondary N) is 1. The van der Waals surface area contributed by atoms with Gasteiger partial charge in [0.1, 0.15) is 12.7 Å². The molecule has 3 aromatic rings. The van der Waals surface area contributed by atoms with Crippen molar-refractivity contribution in [1.82, 2.24) is 0 Å². The average molecular weight is 440 g/mol. The van der Waals surface area contributed by atoms with Crippen molar-refractivity contribution in [2.75, 3.05) is 29.9 Å². The highest BCUT2D eigenvalue weighted by Crippen LogP contribution is 2.44. The number of aliphatic hydroxyl groups is 1. The number of carbonyl (C=O) groups excluding carboxylic acids is 1. The maximum absolute atomic E-state index is 12.6. The van der Waals surface area contributed by atoms with Crippen LogP contribution in [0.2, 0.25) is 0 Å². The summed E-state index contributed by atoms with van der Waals surface area (Å²) in [4.78, 5) is 14.7. The molecule has 0 radical (unpaired) electrons. The Bertz CT molecular complexity index is 1180. The molecule has 6 nitrogen and oxygen atoms in total. The lowest BCUT2D eigenvalue weighted by Crippen LogP contribution is -2.36. The summed E-state index contributed by atoms with van der Waals surface area (Å²) < 4.78 is 5.60. The molecule has 0 aromatic heterocycles. The Hall–Kier alpha value is -3.82. The van der Waals surface area contributed by atoms with Crippen LogP contribution in [0.15, 0.2) is 66.7 Å². The molecule has 6 heteroatoms. The summed E-state index contributed by atoms with van der Waals surface area (Å²) in [5.74, 6) is -0.00496. The zero-order valence-corrected chi connectivity index (χ0v) is 18.2. The molecule has 0 atom stereocenters. The first-order chi connectivity index (χ1) is 16.1. The number of benzene rings is 3. The summed E-state index contributed by atoms with van der Waals surface area (Å²) in [5.41, 5.74) is 6.52. The molecule has 1 saturated heterocycles. The summed E-state index contributed by atoms with van der Waals surface area (Å²) in [6.07, 6.45) is 0.547. The topological polar surface area (TPSA) is 85.6 Å².